The zero-order valence-corrected chi connectivity index (χ0v) is 10.6. The molecule has 2 rings (SSSR count). The van der Waals surface area contributed by atoms with Gasteiger partial charge in [-0.15, -0.1) is 11.3 Å². The molecule has 0 unspecified atom stereocenters. The molecule has 0 aliphatic carbocycles. The molecule has 0 saturated carbocycles. The molecule has 2 aromatic heterocycles. The van der Waals surface area contributed by atoms with Gasteiger partial charge in [0, 0.05) is 30.7 Å². The number of aryl methyl sites for hydroxylation is 3. The fourth-order valence-electron chi connectivity index (χ4n) is 1.54. The Kier molecular flexibility index (Phi) is 3.24. The van der Waals surface area contributed by atoms with E-state index in [1.807, 2.05) is 24.9 Å². The second-order valence-electron chi connectivity index (χ2n) is 3.76. The van der Waals surface area contributed by atoms with Crippen molar-refractivity contribution in [3.8, 4) is 0 Å². The third kappa shape index (κ3) is 2.41. The van der Waals surface area contributed by atoms with E-state index >= 15 is 0 Å². The maximum absolute atomic E-state index is 4.46. The Morgan fingerprint density at radius 1 is 1.50 bits per heavy atom. The molecule has 16 heavy (non-hydrogen) atoms. The SMILES string of the molecule is CCc1csc(NCc2cn(C)nc2C)n1. The first kappa shape index (κ1) is 11.1. The monoisotopic (exact) mass is 236 g/mol. The molecular formula is C11H16N4S. The molecule has 0 fully saturated rings. The lowest BCUT2D eigenvalue weighted by Gasteiger charge is -2.00. The van der Waals surface area contributed by atoms with Gasteiger partial charge in [0.2, 0.25) is 0 Å². The molecule has 0 bridgehead atoms. The first-order chi connectivity index (χ1) is 7.69. The number of hydrogen-bond acceptors (Lipinski definition) is 4. The van der Waals surface area contributed by atoms with Crippen LogP contribution in [0.4, 0.5) is 5.13 Å². The molecule has 0 amide bonds. The molecule has 5 heteroatoms. The van der Waals surface area contributed by atoms with Crippen molar-refractivity contribution < 1.29 is 0 Å². The molecule has 0 spiro atoms. The number of hydrogen-bond donors (Lipinski definition) is 1. The van der Waals surface area contributed by atoms with Crippen LogP contribution in [0, 0.1) is 6.92 Å². The Morgan fingerprint density at radius 2 is 2.31 bits per heavy atom. The maximum atomic E-state index is 4.46. The molecule has 1 N–H and O–H groups in total. The normalized spacial score (nSPS) is 10.7. The van der Waals surface area contributed by atoms with Gasteiger partial charge in [-0.05, 0) is 13.3 Å². The van der Waals surface area contributed by atoms with Gasteiger partial charge in [0.25, 0.3) is 0 Å². The van der Waals surface area contributed by atoms with Crippen molar-refractivity contribution in [3.05, 3.63) is 28.5 Å². The van der Waals surface area contributed by atoms with E-state index in [0.717, 1.165) is 29.5 Å². The predicted molar refractivity (Wildman–Crippen MR) is 66.8 cm³/mol. The zero-order chi connectivity index (χ0) is 11.5. The maximum Gasteiger partial charge on any atom is 0.183 e. The van der Waals surface area contributed by atoms with Crippen molar-refractivity contribution in [1.82, 2.24) is 14.8 Å². The van der Waals surface area contributed by atoms with Crippen LogP contribution < -0.4 is 5.32 Å². The minimum Gasteiger partial charge on any atom is -0.357 e. The van der Waals surface area contributed by atoms with E-state index < -0.39 is 0 Å². The number of thiazole rings is 1. The van der Waals surface area contributed by atoms with Crippen LogP contribution in [0.25, 0.3) is 0 Å². The third-order valence-electron chi connectivity index (χ3n) is 2.46. The largest absolute Gasteiger partial charge is 0.357 e. The Morgan fingerprint density at radius 3 is 2.88 bits per heavy atom. The molecular weight excluding hydrogens is 220 g/mol. The van der Waals surface area contributed by atoms with E-state index in [2.05, 4.69) is 27.7 Å². The Labute approximate surface area is 99.3 Å². The van der Waals surface area contributed by atoms with Gasteiger partial charge in [-0.3, -0.25) is 4.68 Å². The number of nitrogens with one attached hydrogen (secondary N) is 1. The Hall–Kier alpha value is -1.36. The molecule has 0 saturated heterocycles. The van der Waals surface area contributed by atoms with E-state index in [1.54, 1.807) is 11.3 Å². The average molecular weight is 236 g/mol. The third-order valence-corrected chi connectivity index (χ3v) is 3.31. The number of nitrogens with zero attached hydrogens (tertiary/aromatic N) is 3. The molecule has 0 radical (unpaired) electrons. The van der Waals surface area contributed by atoms with Crippen molar-refractivity contribution >= 4 is 16.5 Å². The Bertz CT molecular complexity index is 472. The Balaban J connectivity index is 1.99. The van der Waals surface area contributed by atoms with Gasteiger partial charge in [0.1, 0.15) is 0 Å². The summed E-state index contributed by atoms with van der Waals surface area (Å²) in [4.78, 5) is 4.46. The first-order valence-electron chi connectivity index (χ1n) is 5.36. The summed E-state index contributed by atoms with van der Waals surface area (Å²) in [6, 6.07) is 0. The highest BCUT2D eigenvalue weighted by molar-refractivity contribution is 7.13. The highest BCUT2D eigenvalue weighted by atomic mass is 32.1. The zero-order valence-electron chi connectivity index (χ0n) is 9.82. The fraction of sp³-hybridized carbons (Fsp3) is 0.455. The van der Waals surface area contributed by atoms with Crippen molar-refractivity contribution in [2.24, 2.45) is 7.05 Å². The van der Waals surface area contributed by atoms with Crippen molar-refractivity contribution in [3.63, 3.8) is 0 Å². The van der Waals surface area contributed by atoms with Crippen LogP contribution in [0.5, 0.6) is 0 Å². The minimum atomic E-state index is 0.788. The number of aromatic nitrogens is 3. The van der Waals surface area contributed by atoms with Gasteiger partial charge in [-0.25, -0.2) is 4.98 Å². The molecule has 0 atom stereocenters. The summed E-state index contributed by atoms with van der Waals surface area (Å²) in [6.45, 7) is 4.93. The summed E-state index contributed by atoms with van der Waals surface area (Å²) in [6.07, 6.45) is 3.03. The standard InChI is InChI=1S/C11H16N4S/c1-4-10-7-16-11(13-10)12-5-9-6-15(3)14-8(9)2/h6-7H,4-5H2,1-3H3,(H,12,13). The second kappa shape index (κ2) is 4.65. The molecule has 0 aromatic carbocycles. The molecule has 86 valence electrons. The quantitative estimate of drug-likeness (QED) is 0.886. The summed E-state index contributed by atoms with van der Waals surface area (Å²) >= 11 is 1.66. The van der Waals surface area contributed by atoms with E-state index in [0.29, 0.717) is 0 Å². The first-order valence-corrected chi connectivity index (χ1v) is 6.24. The van der Waals surface area contributed by atoms with Gasteiger partial charge in [0.15, 0.2) is 5.13 Å². The van der Waals surface area contributed by atoms with Gasteiger partial charge in [0.05, 0.1) is 11.4 Å². The lowest BCUT2D eigenvalue weighted by molar-refractivity contribution is 0.756. The van der Waals surface area contributed by atoms with Gasteiger partial charge < -0.3 is 5.32 Å². The average Bonchev–Trinajstić information content (AvgIpc) is 2.82. The van der Waals surface area contributed by atoms with Crippen LogP contribution in [0.15, 0.2) is 11.6 Å². The fourth-order valence-corrected chi connectivity index (χ4v) is 2.34. The van der Waals surface area contributed by atoms with Crippen LogP contribution in [-0.4, -0.2) is 14.8 Å². The molecule has 2 aromatic rings. The smallest absolute Gasteiger partial charge is 0.183 e. The minimum absolute atomic E-state index is 0.788. The van der Waals surface area contributed by atoms with E-state index in [1.165, 1.54) is 5.56 Å². The topological polar surface area (TPSA) is 42.7 Å². The van der Waals surface area contributed by atoms with Crippen LogP contribution in [0.3, 0.4) is 0 Å². The molecule has 0 aliphatic heterocycles. The molecule has 4 nitrogen and oxygen atoms in total. The molecule has 2 heterocycles. The van der Waals surface area contributed by atoms with Crippen LogP contribution in [-0.2, 0) is 20.0 Å². The lowest BCUT2D eigenvalue weighted by Crippen LogP contribution is -1.99. The van der Waals surface area contributed by atoms with Gasteiger partial charge in [-0.2, -0.15) is 5.10 Å². The number of anilines is 1. The summed E-state index contributed by atoms with van der Waals surface area (Å²) in [7, 11) is 1.94. The summed E-state index contributed by atoms with van der Waals surface area (Å²) in [5, 5.41) is 10.7. The van der Waals surface area contributed by atoms with Crippen molar-refractivity contribution in [1.29, 1.82) is 0 Å². The van der Waals surface area contributed by atoms with Crippen molar-refractivity contribution in [2.45, 2.75) is 26.8 Å². The van der Waals surface area contributed by atoms with Crippen LogP contribution in [0.2, 0.25) is 0 Å². The van der Waals surface area contributed by atoms with Crippen molar-refractivity contribution in [2.75, 3.05) is 5.32 Å². The molecule has 0 aliphatic rings. The van der Waals surface area contributed by atoms with E-state index in [9.17, 15) is 0 Å². The highest BCUT2D eigenvalue weighted by Gasteiger charge is 2.04. The van der Waals surface area contributed by atoms with Gasteiger partial charge in [-0.1, -0.05) is 6.92 Å². The summed E-state index contributed by atoms with van der Waals surface area (Å²) in [5.41, 5.74) is 3.44. The van der Waals surface area contributed by atoms with E-state index in [4.69, 9.17) is 0 Å². The summed E-state index contributed by atoms with van der Waals surface area (Å²) in [5.74, 6) is 0. The predicted octanol–water partition coefficient (Wildman–Crippen LogP) is 2.36. The van der Waals surface area contributed by atoms with E-state index in [-0.39, 0.29) is 0 Å². The number of rotatable bonds is 4. The second-order valence-corrected chi connectivity index (χ2v) is 4.62. The summed E-state index contributed by atoms with van der Waals surface area (Å²) < 4.78 is 1.84. The van der Waals surface area contributed by atoms with Crippen LogP contribution in [0.1, 0.15) is 23.9 Å². The van der Waals surface area contributed by atoms with Gasteiger partial charge >= 0.3 is 0 Å². The lowest BCUT2D eigenvalue weighted by atomic mass is 10.3. The van der Waals surface area contributed by atoms with Crippen LogP contribution >= 0.6 is 11.3 Å². The highest BCUT2D eigenvalue weighted by Crippen LogP contribution is 2.17.